The number of piperidine rings is 2. The monoisotopic (exact) mass is 519 g/mol. The minimum absolute atomic E-state index is 0.0312. The molecule has 2 heterocycles. The predicted molar refractivity (Wildman–Crippen MR) is 136 cm³/mol. The summed E-state index contributed by atoms with van der Waals surface area (Å²) in [6, 6.07) is 18.1. The molecule has 196 valence electrons. The first-order valence-corrected chi connectivity index (χ1v) is 13.2. The molecule has 0 aromatic heterocycles. The number of rotatable bonds is 5. The van der Waals surface area contributed by atoms with Crippen molar-refractivity contribution in [1.82, 2.24) is 4.90 Å². The predicted octanol–water partition coefficient (Wildman–Crippen LogP) is 6.80. The van der Waals surface area contributed by atoms with Crippen LogP contribution in [0.5, 0.6) is 0 Å². The highest BCUT2D eigenvalue weighted by Gasteiger charge is 2.44. The van der Waals surface area contributed by atoms with Crippen LogP contribution in [0, 0.1) is 23.4 Å². The zero-order valence-electron chi connectivity index (χ0n) is 20.8. The molecule has 2 bridgehead atoms. The molecule has 38 heavy (non-hydrogen) atoms. The molecule has 2 fully saturated rings. The van der Waals surface area contributed by atoms with Crippen molar-refractivity contribution in [1.29, 1.82) is 0 Å². The second kappa shape index (κ2) is 9.93. The normalized spacial score (nSPS) is 22.1. The molecule has 3 aliphatic rings. The standard InChI is InChI=1S/C31H28F3NO3/c32-27-13-12-18(29(33)30(27)34)16-28(36)19-14-20-6-5-7-21(15-19)35(20)31(37)38-17-26-24-10-3-1-8-22(24)23-9-2-4-11-25(23)26/h1-4,8-13,19-21,26H,5-7,14-17H2. The lowest BCUT2D eigenvalue weighted by Crippen LogP contribution is -2.56. The van der Waals surface area contributed by atoms with Crippen LogP contribution < -0.4 is 0 Å². The summed E-state index contributed by atoms with van der Waals surface area (Å²) < 4.78 is 47.0. The number of ketones is 1. The van der Waals surface area contributed by atoms with Crippen LogP contribution in [0.25, 0.3) is 11.1 Å². The number of carbonyl (C=O) groups excluding carboxylic acids is 2. The molecule has 2 unspecified atom stereocenters. The smallest absolute Gasteiger partial charge is 0.410 e. The van der Waals surface area contributed by atoms with Gasteiger partial charge < -0.3 is 9.64 Å². The maximum Gasteiger partial charge on any atom is 0.410 e. The van der Waals surface area contributed by atoms with Crippen molar-refractivity contribution in [3.63, 3.8) is 0 Å². The van der Waals surface area contributed by atoms with E-state index in [1.54, 1.807) is 4.90 Å². The third-order valence-corrected chi connectivity index (χ3v) is 8.46. The average molecular weight is 520 g/mol. The second-order valence-electron chi connectivity index (χ2n) is 10.6. The van der Waals surface area contributed by atoms with Crippen molar-refractivity contribution in [2.45, 2.75) is 56.5 Å². The Labute approximate surface area is 219 Å². The van der Waals surface area contributed by atoms with Crippen LogP contribution in [0.15, 0.2) is 60.7 Å². The van der Waals surface area contributed by atoms with Gasteiger partial charge in [0.1, 0.15) is 12.4 Å². The molecule has 2 atom stereocenters. The molecular formula is C31H28F3NO3. The van der Waals surface area contributed by atoms with E-state index in [4.69, 9.17) is 4.74 Å². The fraction of sp³-hybridized carbons (Fsp3) is 0.355. The van der Waals surface area contributed by atoms with Crippen molar-refractivity contribution >= 4 is 11.9 Å². The first-order valence-electron chi connectivity index (χ1n) is 13.2. The van der Waals surface area contributed by atoms with Gasteiger partial charge in [0.15, 0.2) is 17.5 Å². The zero-order valence-corrected chi connectivity index (χ0v) is 20.8. The first-order chi connectivity index (χ1) is 18.4. The Bertz CT molecular complexity index is 1350. The van der Waals surface area contributed by atoms with Crippen LogP contribution in [0.1, 0.15) is 54.7 Å². The summed E-state index contributed by atoms with van der Waals surface area (Å²) in [5, 5.41) is 0. The third-order valence-electron chi connectivity index (χ3n) is 8.46. The summed E-state index contributed by atoms with van der Waals surface area (Å²) in [6.45, 7) is 0.237. The Hall–Kier alpha value is -3.61. The molecule has 4 nitrogen and oxygen atoms in total. The van der Waals surface area contributed by atoms with Crippen LogP contribution >= 0.6 is 0 Å². The Morgan fingerprint density at radius 3 is 2.05 bits per heavy atom. The van der Waals surface area contributed by atoms with Crippen LogP contribution in [-0.4, -0.2) is 35.5 Å². The lowest BCUT2D eigenvalue weighted by molar-refractivity contribution is -0.126. The van der Waals surface area contributed by atoms with Gasteiger partial charge >= 0.3 is 6.09 Å². The Balaban J connectivity index is 1.13. The maximum absolute atomic E-state index is 14.2. The van der Waals surface area contributed by atoms with Gasteiger partial charge in [0.2, 0.25) is 0 Å². The summed E-state index contributed by atoms with van der Waals surface area (Å²) >= 11 is 0. The van der Waals surface area contributed by atoms with Gasteiger partial charge in [-0.1, -0.05) is 54.6 Å². The van der Waals surface area contributed by atoms with Gasteiger partial charge in [0, 0.05) is 30.3 Å². The van der Waals surface area contributed by atoms with Crippen LogP contribution in [0.4, 0.5) is 18.0 Å². The van der Waals surface area contributed by atoms with E-state index in [0.29, 0.717) is 12.8 Å². The molecule has 1 aliphatic carbocycles. The number of ether oxygens (including phenoxy) is 1. The number of nitrogens with zero attached hydrogens (tertiary/aromatic N) is 1. The van der Waals surface area contributed by atoms with E-state index in [0.717, 1.165) is 53.6 Å². The number of amides is 1. The Kier molecular flexibility index (Phi) is 6.46. The third kappa shape index (κ3) is 4.28. The van der Waals surface area contributed by atoms with Gasteiger partial charge in [-0.05, 0) is 66.0 Å². The largest absolute Gasteiger partial charge is 0.448 e. The summed E-state index contributed by atoms with van der Waals surface area (Å²) in [5.74, 6) is -4.75. The second-order valence-corrected chi connectivity index (χ2v) is 10.6. The number of hydrogen-bond donors (Lipinski definition) is 0. The van der Waals surface area contributed by atoms with Crippen molar-refractivity contribution in [3.8, 4) is 11.1 Å². The minimum atomic E-state index is -1.56. The molecule has 0 saturated carbocycles. The summed E-state index contributed by atoms with van der Waals surface area (Å²) in [7, 11) is 0. The van der Waals surface area contributed by atoms with Crippen molar-refractivity contribution in [2.75, 3.05) is 6.61 Å². The number of fused-ring (bicyclic) bond motifs is 5. The number of carbonyl (C=O) groups is 2. The highest BCUT2D eigenvalue weighted by Crippen LogP contribution is 2.45. The van der Waals surface area contributed by atoms with Crippen LogP contribution in [0.3, 0.4) is 0 Å². The SMILES string of the molecule is O=C(Cc1ccc(F)c(F)c1F)C1CC2CCCC(C1)N2C(=O)OCC1c2ccccc2-c2ccccc21. The van der Waals surface area contributed by atoms with Crippen molar-refractivity contribution in [2.24, 2.45) is 5.92 Å². The molecule has 3 aromatic carbocycles. The molecule has 1 amide bonds. The summed E-state index contributed by atoms with van der Waals surface area (Å²) in [6.07, 6.45) is 2.77. The number of benzene rings is 3. The first kappa shape index (κ1) is 24.7. The molecule has 2 saturated heterocycles. The highest BCUT2D eigenvalue weighted by atomic mass is 19.2. The molecule has 6 rings (SSSR count). The lowest BCUT2D eigenvalue weighted by atomic mass is 9.76. The molecule has 0 radical (unpaired) electrons. The Morgan fingerprint density at radius 2 is 1.42 bits per heavy atom. The average Bonchev–Trinajstić information content (AvgIpc) is 3.25. The fourth-order valence-electron chi connectivity index (χ4n) is 6.65. The molecular weight excluding hydrogens is 491 g/mol. The van der Waals surface area contributed by atoms with Crippen LogP contribution in [0.2, 0.25) is 0 Å². The fourth-order valence-corrected chi connectivity index (χ4v) is 6.65. The van der Waals surface area contributed by atoms with Crippen LogP contribution in [-0.2, 0) is 16.0 Å². The van der Waals surface area contributed by atoms with E-state index >= 15 is 0 Å². The molecule has 2 aliphatic heterocycles. The topological polar surface area (TPSA) is 46.6 Å². The number of Topliss-reactive ketones (excluding diaryl/α,β-unsaturated/α-hetero) is 1. The van der Waals surface area contributed by atoms with E-state index in [9.17, 15) is 22.8 Å². The van der Waals surface area contributed by atoms with E-state index in [1.165, 1.54) is 0 Å². The number of halogens is 3. The van der Waals surface area contributed by atoms with E-state index in [1.807, 2.05) is 24.3 Å². The van der Waals surface area contributed by atoms with Gasteiger partial charge in [-0.2, -0.15) is 0 Å². The molecule has 0 spiro atoms. The zero-order chi connectivity index (χ0) is 26.4. The van der Waals surface area contributed by atoms with Crippen molar-refractivity contribution < 1.29 is 27.5 Å². The molecule has 3 aromatic rings. The van der Waals surface area contributed by atoms with Gasteiger partial charge in [-0.3, -0.25) is 4.79 Å². The van der Waals surface area contributed by atoms with E-state index in [-0.39, 0.29) is 54.4 Å². The van der Waals surface area contributed by atoms with Gasteiger partial charge in [0.25, 0.3) is 0 Å². The summed E-state index contributed by atoms with van der Waals surface area (Å²) in [5.41, 5.74) is 4.49. The lowest BCUT2D eigenvalue weighted by Gasteiger charge is -2.47. The summed E-state index contributed by atoms with van der Waals surface area (Å²) in [4.78, 5) is 28.2. The minimum Gasteiger partial charge on any atom is -0.448 e. The van der Waals surface area contributed by atoms with Crippen molar-refractivity contribution in [3.05, 3.63) is 94.8 Å². The van der Waals surface area contributed by atoms with E-state index < -0.39 is 17.5 Å². The maximum atomic E-state index is 14.2. The van der Waals surface area contributed by atoms with Gasteiger partial charge in [0.05, 0.1) is 0 Å². The molecule has 0 N–H and O–H groups in total. The highest BCUT2D eigenvalue weighted by molar-refractivity contribution is 5.84. The van der Waals surface area contributed by atoms with Gasteiger partial charge in [-0.25, -0.2) is 18.0 Å². The molecule has 7 heteroatoms. The quantitative estimate of drug-likeness (QED) is 0.349. The van der Waals surface area contributed by atoms with E-state index in [2.05, 4.69) is 24.3 Å². The van der Waals surface area contributed by atoms with Gasteiger partial charge in [-0.15, -0.1) is 0 Å². The number of hydrogen-bond acceptors (Lipinski definition) is 3. The Morgan fingerprint density at radius 1 is 0.816 bits per heavy atom.